The molecule has 0 fully saturated rings. The number of hydrogen-bond acceptors (Lipinski definition) is 5. The standard InChI is InChI=1S/C22H20N4O3/c1-13(2)26-12-15(11-17(29-3)22(26)28)19-18(14-7-5-4-6-8-14)25-21-20(24-19)16(27)9-10-23-21/h4-13H,1-3H3,(H,23,25,27). The predicted molar refractivity (Wildman–Crippen MR) is 112 cm³/mol. The molecule has 0 aliphatic carbocycles. The first-order chi connectivity index (χ1) is 14.0. The molecule has 29 heavy (non-hydrogen) atoms. The van der Waals surface area contributed by atoms with Crippen LogP contribution >= 0.6 is 0 Å². The quantitative estimate of drug-likeness (QED) is 0.579. The summed E-state index contributed by atoms with van der Waals surface area (Å²) in [5.41, 5.74) is 2.81. The van der Waals surface area contributed by atoms with Crippen LogP contribution in [0.15, 0.2) is 64.4 Å². The molecule has 7 heteroatoms. The Morgan fingerprint density at radius 3 is 2.41 bits per heavy atom. The van der Waals surface area contributed by atoms with E-state index in [2.05, 4.69) is 15.0 Å². The van der Waals surface area contributed by atoms with Crippen molar-refractivity contribution in [1.29, 1.82) is 0 Å². The van der Waals surface area contributed by atoms with E-state index in [1.807, 2.05) is 44.2 Å². The monoisotopic (exact) mass is 388 g/mol. The first-order valence-electron chi connectivity index (χ1n) is 9.25. The normalized spacial score (nSPS) is 11.2. The summed E-state index contributed by atoms with van der Waals surface area (Å²) in [7, 11) is 1.46. The Labute approximate surface area is 166 Å². The molecule has 4 aromatic rings. The van der Waals surface area contributed by atoms with E-state index in [9.17, 15) is 9.59 Å². The Balaban J connectivity index is 2.10. The zero-order chi connectivity index (χ0) is 20.5. The lowest BCUT2D eigenvalue weighted by Gasteiger charge is -2.15. The molecule has 3 heterocycles. The van der Waals surface area contributed by atoms with E-state index in [1.54, 1.807) is 23.0 Å². The van der Waals surface area contributed by atoms with Crippen LogP contribution < -0.4 is 15.7 Å². The Hall–Kier alpha value is -3.74. The molecule has 7 nitrogen and oxygen atoms in total. The van der Waals surface area contributed by atoms with Crippen LogP contribution in [0.2, 0.25) is 0 Å². The Morgan fingerprint density at radius 2 is 1.72 bits per heavy atom. The molecule has 1 aromatic carbocycles. The van der Waals surface area contributed by atoms with Crippen molar-refractivity contribution in [2.24, 2.45) is 0 Å². The van der Waals surface area contributed by atoms with Gasteiger partial charge in [0.15, 0.2) is 16.9 Å². The first-order valence-corrected chi connectivity index (χ1v) is 9.25. The van der Waals surface area contributed by atoms with Gasteiger partial charge in [0.25, 0.3) is 5.56 Å². The molecule has 0 bridgehead atoms. The van der Waals surface area contributed by atoms with Gasteiger partial charge in [-0.15, -0.1) is 0 Å². The van der Waals surface area contributed by atoms with Crippen LogP contribution in [0.1, 0.15) is 19.9 Å². The molecular weight excluding hydrogens is 368 g/mol. The molecule has 0 saturated heterocycles. The zero-order valence-electron chi connectivity index (χ0n) is 16.3. The largest absolute Gasteiger partial charge is 0.491 e. The van der Waals surface area contributed by atoms with Gasteiger partial charge in [0.1, 0.15) is 0 Å². The number of nitrogens with one attached hydrogen (secondary N) is 1. The molecule has 0 amide bonds. The zero-order valence-corrected chi connectivity index (χ0v) is 16.3. The van der Waals surface area contributed by atoms with Crippen molar-refractivity contribution < 1.29 is 4.74 Å². The maximum Gasteiger partial charge on any atom is 0.293 e. The van der Waals surface area contributed by atoms with Crippen molar-refractivity contribution in [3.8, 4) is 28.3 Å². The number of fused-ring (bicyclic) bond motifs is 1. The summed E-state index contributed by atoms with van der Waals surface area (Å²) in [5, 5.41) is 0. The van der Waals surface area contributed by atoms with Crippen molar-refractivity contribution in [2.75, 3.05) is 7.11 Å². The molecule has 0 radical (unpaired) electrons. The minimum absolute atomic E-state index is 0.0756. The highest BCUT2D eigenvalue weighted by Gasteiger charge is 2.18. The van der Waals surface area contributed by atoms with Crippen LogP contribution in [-0.4, -0.2) is 26.6 Å². The van der Waals surface area contributed by atoms with Gasteiger partial charge in [-0.05, 0) is 19.9 Å². The smallest absolute Gasteiger partial charge is 0.293 e. The van der Waals surface area contributed by atoms with Crippen LogP contribution in [-0.2, 0) is 0 Å². The summed E-state index contributed by atoms with van der Waals surface area (Å²) in [4.78, 5) is 37.3. The summed E-state index contributed by atoms with van der Waals surface area (Å²) in [5.74, 6) is 0.207. The van der Waals surface area contributed by atoms with E-state index in [0.29, 0.717) is 22.6 Å². The van der Waals surface area contributed by atoms with Crippen LogP contribution in [0.4, 0.5) is 0 Å². The summed E-state index contributed by atoms with van der Waals surface area (Å²) < 4.78 is 6.89. The molecule has 0 spiro atoms. The van der Waals surface area contributed by atoms with Gasteiger partial charge in [0.2, 0.25) is 5.43 Å². The van der Waals surface area contributed by atoms with Gasteiger partial charge in [0, 0.05) is 35.6 Å². The van der Waals surface area contributed by atoms with Crippen molar-refractivity contribution in [1.82, 2.24) is 19.5 Å². The molecule has 0 unspecified atom stereocenters. The maximum absolute atomic E-state index is 12.6. The number of rotatable bonds is 4. The number of ether oxygens (including phenoxy) is 1. The van der Waals surface area contributed by atoms with E-state index in [0.717, 1.165) is 5.56 Å². The minimum Gasteiger partial charge on any atom is -0.491 e. The van der Waals surface area contributed by atoms with Gasteiger partial charge in [-0.3, -0.25) is 9.59 Å². The lowest BCUT2D eigenvalue weighted by molar-refractivity contribution is 0.399. The second kappa shape index (κ2) is 7.35. The minimum atomic E-state index is -0.226. The highest BCUT2D eigenvalue weighted by atomic mass is 16.5. The van der Waals surface area contributed by atoms with Gasteiger partial charge in [0.05, 0.1) is 18.5 Å². The van der Waals surface area contributed by atoms with Crippen LogP contribution in [0, 0.1) is 0 Å². The molecule has 4 rings (SSSR count). The Morgan fingerprint density at radius 1 is 1.00 bits per heavy atom. The van der Waals surface area contributed by atoms with E-state index < -0.39 is 0 Å². The van der Waals surface area contributed by atoms with Crippen molar-refractivity contribution >= 4 is 11.2 Å². The SMILES string of the molecule is COc1cc(-c2nc3c(=O)cc[nH]c3nc2-c2ccccc2)cn(C(C)C)c1=O. The third kappa shape index (κ3) is 3.31. The number of hydrogen-bond donors (Lipinski definition) is 1. The number of benzene rings is 1. The van der Waals surface area contributed by atoms with Crippen LogP contribution in [0.3, 0.4) is 0 Å². The van der Waals surface area contributed by atoms with Crippen LogP contribution in [0.25, 0.3) is 33.7 Å². The summed E-state index contributed by atoms with van der Waals surface area (Å²) in [6.45, 7) is 3.83. The second-order valence-corrected chi connectivity index (χ2v) is 6.93. The fraction of sp³-hybridized carbons (Fsp3) is 0.182. The van der Waals surface area contributed by atoms with Gasteiger partial charge < -0.3 is 14.3 Å². The molecule has 0 saturated carbocycles. The third-order valence-corrected chi connectivity index (χ3v) is 4.69. The number of aromatic amines is 1. The second-order valence-electron chi connectivity index (χ2n) is 6.93. The molecule has 0 aliphatic rings. The molecule has 0 aliphatic heterocycles. The topological polar surface area (TPSA) is 89.9 Å². The summed E-state index contributed by atoms with van der Waals surface area (Å²) >= 11 is 0. The van der Waals surface area contributed by atoms with Crippen molar-refractivity contribution in [2.45, 2.75) is 19.9 Å². The molecule has 3 aromatic heterocycles. The molecular formula is C22H20N4O3. The maximum atomic E-state index is 12.6. The van der Waals surface area contributed by atoms with Gasteiger partial charge in [-0.1, -0.05) is 30.3 Å². The van der Waals surface area contributed by atoms with E-state index in [-0.39, 0.29) is 28.3 Å². The van der Waals surface area contributed by atoms with E-state index in [1.165, 1.54) is 13.2 Å². The Bertz CT molecular complexity index is 1310. The number of H-pyrrole nitrogens is 1. The number of methoxy groups -OCH3 is 1. The Kier molecular flexibility index (Phi) is 4.72. The fourth-order valence-electron chi connectivity index (χ4n) is 3.22. The molecule has 0 atom stereocenters. The lowest BCUT2D eigenvalue weighted by Crippen LogP contribution is -2.23. The highest BCUT2D eigenvalue weighted by molar-refractivity contribution is 5.84. The molecule has 1 N–H and O–H groups in total. The lowest BCUT2D eigenvalue weighted by atomic mass is 10.0. The molecule has 146 valence electrons. The van der Waals surface area contributed by atoms with Gasteiger partial charge in [-0.2, -0.15) is 0 Å². The average Bonchev–Trinajstić information content (AvgIpc) is 2.74. The number of pyridine rings is 2. The van der Waals surface area contributed by atoms with E-state index >= 15 is 0 Å². The summed E-state index contributed by atoms with van der Waals surface area (Å²) in [6.07, 6.45) is 3.28. The first kappa shape index (κ1) is 18.6. The average molecular weight is 388 g/mol. The fourth-order valence-corrected chi connectivity index (χ4v) is 3.22. The van der Waals surface area contributed by atoms with Crippen LogP contribution in [0.5, 0.6) is 5.75 Å². The van der Waals surface area contributed by atoms with Crippen molar-refractivity contribution in [3.63, 3.8) is 0 Å². The van der Waals surface area contributed by atoms with Gasteiger partial charge >= 0.3 is 0 Å². The number of nitrogens with zero attached hydrogens (tertiary/aromatic N) is 3. The highest BCUT2D eigenvalue weighted by Crippen LogP contribution is 2.31. The van der Waals surface area contributed by atoms with E-state index in [4.69, 9.17) is 4.74 Å². The van der Waals surface area contributed by atoms with Crippen molar-refractivity contribution in [3.05, 3.63) is 75.4 Å². The van der Waals surface area contributed by atoms with Gasteiger partial charge in [-0.25, -0.2) is 9.97 Å². The predicted octanol–water partition coefficient (Wildman–Crippen LogP) is 3.40. The number of aromatic nitrogens is 4. The third-order valence-electron chi connectivity index (χ3n) is 4.69. The summed E-state index contributed by atoms with van der Waals surface area (Å²) in [6, 6.07) is 12.6.